The number of fused-ring (bicyclic) bond motifs is 4. The molecule has 2 nitrogen and oxygen atoms in total. The number of hydrogen-bond donors (Lipinski definition) is 0. The van der Waals surface area contributed by atoms with Gasteiger partial charge >= 0.3 is 0 Å². The lowest BCUT2D eigenvalue weighted by atomic mass is 9.83. The van der Waals surface area contributed by atoms with Crippen LogP contribution in [0.25, 0.3) is 112 Å². The molecule has 0 heterocycles. The lowest BCUT2D eigenvalue weighted by molar-refractivity contribution is 1.29. The van der Waals surface area contributed by atoms with Crippen LogP contribution in [-0.2, 0) is 0 Å². The van der Waals surface area contributed by atoms with Crippen molar-refractivity contribution >= 4 is 124 Å². The minimum absolute atomic E-state index is 1.08. The molecule has 15 rings (SSSR count). The first-order valence-electron chi connectivity index (χ1n) is 34.9. The lowest BCUT2D eigenvalue weighted by Crippen LogP contribution is -2.11. The molecule has 0 fully saturated rings. The minimum atomic E-state index is 1.08. The standard InChI is InChI=1S/C98H80N2/c1-65-25-41-77(42-26-65)69(5)61-73-33-49-81(50-34-73)99(82-51-35-74(36-52-82)62-70(6)78-43-27-66(2)28-44-78)95-59-57-93(85-17-9-11-19-87(85)95)97-89-21-13-15-23-91(89)98(92-24-16-14-22-90(92)97)94-58-60-96(88-20-12-10-18-86(88)94)100(83-53-37-75(38-54-83)63-71(7)79-45-29-67(3)30-46-79)84-55-39-76(40-56-84)64-72(8)80-47-31-68(4)32-48-80/h9-64H,1-8H3/b69-61+,70-62+,71-63+,72-64+. The van der Waals surface area contributed by atoms with Gasteiger partial charge in [-0.1, -0.05) is 301 Å². The monoisotopic (exact) mass is 1280 g/mol. The maximum atomic E-state index is 2.43. The summed E-state index contributed by atoms with van der Waals surface area (Å²) in [6.45, 7) is 17.3. The summed E-state index contributed by atoms with van der Waals surface area (Å²) in [6.07, 6.45) is 9.14. The first-order chi connectivity index (χ1) is 48.8. The summed E-state index contributed by atoms with van der Waals surface area (Å²) in [6, 6.07) is 117. The third-order valence-electron chi connectivity index (χ3n) is 19.9. The lowest BCUT2D eigenvalue weighted by Gasteiger charge is -2.28. The molecule has 0 amide bonds. The number of anilines is 6. The molecule has 0 radical (unpaired) electrons. The fourth-order valence-corrected chi connectivity index (χ4v) is 14.4. The average molecular weight is 1290 g/mol. The van der Waals surface area contributed by atoms with Crippen molar-refractivity contribution in [2.24, 2.45) is 0 Å². The fourth-order valence-electron chi connectivity index (χ4n) is 14.4. The maximum Gasteiger partial charge on any atom is 0.0540 e. The Morgan fingerprint density at radius 3 is 0.650 bits per heavy atom. The predicted molar refractivity (Wildman–Crippen MR) is 436 cm³/mol. The molecule has 0 N–H and O–H groups in total. The zero-order valence-electron chi connectivity index (χ0n) is 58.2. The van der Waals surface area contributed by atoms with Gasteiger partial charge in [0.1, 0.15) is 0 Å². The van der Waals surface area contributed by atoms with Gasteiger partial charge in [-0.2, -0.15) is 0 Å². The van der Waals surface area contributed by atoms with E-state index in [9.17, 15) is 0 Å². The van der Waals surface area contributed by atoms with Crippen molar-refractivity contribution in [3.8, 4) is 22.3 Å². The number of aryl methyl sites for hydroxylation is 4. The molecule has 15 aromatic rings. The Morgan fingerprint density at radius 2 is 0.420 bits per heavy atom. The molecule has 0 atom stereocenters. The second kappa shape index (κ2) is 27.8. The van der Waals surface area contributed by atoms with Crippen molar-refractivity contribution in [3.05, 3.63) is 382 Å². The van der Waals surface area contributed by atoms with Crippen LogP contribution in [0, 0.1) is 27.7 Å². The molecule has 15 aromatic carbocycles. The summed E-state index contributed by atoms with van der Waals surface area (Å²) >= 11 is 0. The Bertz CT molecular complexity index is 5030. The Labute approximate surface area is 589 Å². The van der Waals surface area contributed by atoms with Crippen LogP contribution >= 0.6 is 0 Å². The molecule has 0 aliphatic rings. The van der Waals surface area contributed by atoms with Crippen molar-refractivity contribution in [1.82, 2.24) is 0 Å². The van der Waals surface area contributed by atoms with Crippen molar-refractivity contribution in [2.75, 3.05) is 9.80 Å². The van der Waals surface area contributed by atoms with E-state index in [0.717, 1.165) is 67.2 Å². The third-order valence-corrected chi connectivity index (χ3v) is 19.9. The quantitative estimate of drug-likeness (QED) is 0.0703. The van der Waals surface area contributed by atoms with Crippen LogP contribution in [-0.4, -0.2) is 0 Å². The van der Waals surface area contributed by atoms with Gasteiger partial charge < -0.3 is 9.80 Å². The van der Waals surface area contributed by atoms with Gasteiger partial charge in [-0.3, -0.25) is 0 Å². The Balaban J connectivity index is 0.851. The molecule has 0 saturated carbocycles. The molecule has 0 aromatic heterocycles. The minimum Gasteiger partial charge on any atom is -0.310 e. The largest absolute Gasteiger partial charge is 0.310 e. The SMILES string of the molecule is C/C(=C\c1ccc(N(c2ccc(/C=C(\C)c3ccc(C)cc3)cc2)c2ccc(-c3c4ccccc4c(-c4ccc(N(c5ccc(/C=C(\C)c6ccc(C)cc6)cc5)c5ccc(/C=C(\C)c6ccc(C)cc6)cc5)c5ccccc45)c4ccccc34)c3ccccc23)cc1)c1ccc(C)cc1. The van der Waals surface area contributed by atoms with Gasteiger partial charge in [0.15, 0.2) is 0 Å². The highest BCUT2D eigenvalue weighted by Crippen LogP contribution is 2.51. The smallest absolute Gasteiger partial charge is 0.0540 e. The van der Waals surface area contributed by atoms with Crippen molar-refractivity contribution in [1.29, 1.82) is 0 Å². The van der Waals surface area contributed by atoms with Crippen LogP contribution in [0.2, 0.25) is 0 Å². The van der Waals surface area contributed by atoms with Crippen molar-refractivity contribution < 1.29 is 0 Å². The molecule has 0 spiro atoms. The fraction of sp³-hybridized carbons (Fsp3) is 0.0816. The van der Waals surface area contributed by atoms with E-state index >= 15 is 0 Å². The molecule has 0 saturated heterocycles. The number of benzene rings is 15. The molecular formula is C98H80N2. The van der Waals surface area contributed by atoms with Gasteiger partial charge in [0, 0.05) is 33.5 Å². The van der Waals surface area contributed by atoms with E-state index in [2.05, 4.69) is 405 Å². The summed E-state index contributed by atoms with van der Waals surface area (Å²) in [7, 11) is 0. The average Bonchev–Trinajstić information content (AvgIpc) is 0.720. The highest BCUT2D eigenvalue weighted by molar-refractivity contribution is 6.26. The molecule has 482 valence electrons. The Morgan fingerprint density at radius 1 is 0.210 bits per heavy atom. The second-order valence-corrected chi connectivity index (χ2v) is 27.0. The van der Waals surface area contributed by atoms with Gasteiger partial charge in [0.2, 0.25) is 0 Å². The second-order valence-electron chi connectivity index (χ2n) is 27.0. The Hall–Kier alpha value is -12.1. The van der Waals surface area contributed by atoms with E-state index in [1.54, 1.807) is 0 Å². The highest BCUT2D eigenvalue weighted by atomic mass is 15.1. The maximum absolute atomic E-state index is 2.43. The van der Waals surface area contributed by atoms with E-state index in [0.29, 0.717) is 0 Å². The van der Waals surface area contributed by atoms with E-state index in [1.807, 2.05) is 0 Å². The van der Waals surface area contributed by atoms with E-state index < -0.39 is 0 Å². The number of nitrogens with zero attached hydrogens (tertiary/aromatic N) is 2. The van der Waals surface area contributed by atoms with Gasteiger partial charge in [0.05, 0.1) is 11.4 Å². The molecule has 2 heteroatoms. The molecule has 0 bridgehead atoms. The summed E-state index contributed by atoms with van der Waals surface area (Å²) in [5, 5.41) is 9.49. The molecule has 0 aliphatic heterocycles. The number of allylic oxidation sites excluding steroid dienone is 4. The van der Waals surface area contributed by atoms with Gasteiger partial charge in [0.25, 0.3) is 0 Å². The normalized spacial score (nSPS) is 12.2. The summed E-state index contributed by atoms with van der Waals surface area (Å²) in [5.74, 6) is 0. The van der Waals surface area contributed by atoms with Gasteiger partial charge in [-0.05, 0) is 237 Å². The van der Waals surface area contributed by atoms with Crippen LogP contribution in [0.4, 0.5) is 34.1 Å². The van der Waals surface area contributed by atoms with Gasteiger partial charge in [-0.15, -0.1) is 0 Å². The van der Waals surface area contributed by atoms with E-state index in [4.69, 9.17) is 0 Å². The predicted octanol–water partition coefficient (Wildman–Crippen LogP) is 28.0. The molecule has 0 aliphatic carbocycles. The first-order valence-corrected chi connectivity index (χ1v) is 34.9. The van der Waals surface area contributed by atoms with E-state index in [1.165, 1.54) is 121 Å². The van der Waals surface area contributed by atoms with Gasteiger partial charge in [-0.25, -0.2) is 0 Å². The highest BCUT2D eigenvalue weighted by Gasteiger charge is 2.24. The summed E-state index contributed by atoms with van der Waals surface area (Å²) in [5.41, 5.74) is 30.8. The topological polar surface area (TPSA) is 6.48 Å². The number of rotatable bonds is 16. The van der Waals surface area contributed by atoms with Crippen LogP contribution in [0.3, 0.4) is 0 Å². The van der Waals surface area contributed by atoms with Crippen LogP contribution in [0.5, 0.6) is 0 Å². The van der Waals surface area contributed by atoms with Crippen molar-refractivity contribution in [3.63, 3.8) is 0 Å². The summed E-state index contributed by atoms with van der Waals surface area (Å²) in [4.78, 5) is 4.87. The van der Waals surface area contributed by atoms with Crippen molar-refractivity contribution in [2.45, 2.75) is 55.4 Å². The van der Waals surface area contributed by atoms with Crippen LogP contribution in [0.15, 0.2) is 315 Å². The molecular weight excluding hydrogens is 1210 g/mol. The third kappa shape index (κ3) is 13.0. The Kier molecular flexibility index (Phi) is 17.8. The molecule has 0 unspecified atom stereocenters. The summed E-state index contributed by atoms with van der Waals surface area (Å²) < 4.78 is 0. The van der Waals surface area contributed by atoms with Crippen LogP contribution < -0.4 is 9.80 Å². The first kappa shape index (κ1) is 63.9. The van der Waals surface area contributed by atoms with Crippen LogP contribution in [0.1, 0.15) is 94.5 Å². The van der Waals surface area contributed by atoms with E-state index in [-0.39, 0.29) is 0 Å². The zero-order valence-corrected chi connectivity index (χ0v) is 58.2. The number of hydrogen-bond acceptors (Lipinski definition) is 2. The zero-order chi connectivity index (χ0) is 68.4. The molecule has 100 heavy (non-hydrogen) atoms.